The predicted octanol–water partition coefficient (Wildman–Crippen LogP) is 7.22. The summed E-state index contributed by atoms with van der Waals surface area (Å²) in [6.45, 7) is 22.6. The summed E-state index contributed by atoms with van der Waals surface area (Å²) in [7, 11) is -3.80. The first kappa shape index (κ1) is 20.8. The van der Waals surface area contributed by atoms with Crippen molar-refractivity contribution in [2.75, 3.05) is 0 Å². The Morgan fingerprint density at radius 2 is 1.13 bits per heavy atom. The quantitative estimate of drug-likeness (QED) is 0.482. The van der Waals surface area contributed by atoms with Crippen molar-refractivity contribution >= 4 is 32.6 Å². The number of halogens is 1. The van der Waals surface area contributed by atoms with Gasteiger partial charge < -0.3 is 8.85 Å². The molecule has 0 bridgehead atoms. The second-order valence-electron chi connectivity index (χ2n) is 9.32. The van der Waals surface area contributed by atoms with Crippen molar-refractivity contribution in [3.05, 3.63) is 22.7 Å². The van der Waals surface area contributed by atoms with Crippen molar-refractivity contribution in [3.8, 4) is 11.5 Å². The molecule has 0 radical (unpaired) electrons. The van der Waals surface area contributed by atoms with Crippen LogP contribution in [-0.2, 0) is 0 Å². The molecule has 0 atom stereocenters. The molecule has 1 aromatic rings. The van der Waals surface area contributed by atoms with E-state index in [4.69, 9.17) is 8.85 Å². The molecule has 0 aliphatic heterocycles. The van der Waals surface area contributed by atoms with E-state index in [1.54, 1.807) is 0 Å². The molecular formula is C18H33BrO2Si2. The van der Waals surface area contributed by atoms with Crippen LogP contribution in [0.5, 0.6) is 11.5 Å². The zero-order chi connectivity index (χ0) is 18.3. The molecule has 0 fully saturated rings. The minimum atomic E-state index is -1.91. The van der Waals surface area contributed by atoms with Gasteiger partial charge in [-0.05, 0) is 54.5 Å². The summed E-state index contributed by atoms with van der Waals surface area (Å²) in [4.78, 5) is 0. The van der Waals surface area contributed by atoms with Gasteiger partial charge in [-0.3, -0.25) is 0 Å². The van der Waals surface area contributed by atoms with Crippen LogP contribution in [-0.4, -0.2) is 16.6 Å². The maximum absolute atomic E-state index is 6.54. The molecule has 0 saturated carbocycles. The van der Waals surface area contributed by atoms with E-state index >= 15 is 0 Å². The Morgan fingerprint density at radius 3 is 1.52 bits per heavy atom. The fraction of sp³-hybridized carbons (Fsp3) is 0.667. The number of hydrogen-bond acceptors (Lipinski definition) is 2. The molecular weight excluding hydrogens is 384 g/mol. The molecule has 132 valence electrons. The third-order valence-electron chi connectivity index (χ3n) is 5.25. The minimum absolute atomic E-state index is 0.156. The van der Waals surface area contributed by atoms with Crippen LogP contribution in [0.25, 0.3) is 0 Å². The zero-order valence-electron chi connectivity index (χ0n) is 16.4. The van der Waals surface area contributed by atoms with E-state index in [1.165, 1.54) is 0 Å². The summed E-state index contributed by atoms with van der Waals surface area (Å²) in [5.41, 5.74) is 0. The van der Waals surface area contributed by atoms with Gasteiger partial charge in [0.15, 0.2) is 0 Å². The highest BCUT2D eigenvalue weighted by atomic mass is 79.9. The highest BCUT2D eigenvalue weighted by Gasteiger charge is 2.42. The van der Waals surface area contributed by atoms with Gasteiger partial charge in [0.2, 0.25) is 0 Å². The first-order valence-electron chi connectivity index (χ1n) is 8.24. The molecule has 0 N–H and O–H groups in total. The average Bonchev–Trinajstić information content (AvgIpc) is 2.29. The fourth-order valence-corrected chi connectivity index (χ4v) is 3.88. The van der Waals surface area contributed by atoms with Gasteiger partial charge in [-0.2, -0.15) is 0 Å². The summed E-state index contributed by atoms with van der Waals surface area (Å²) >= 11 is 3.56. The topological polar surface area (TPSA) is 18.5 Å². The molecule has 0 aromatic heterocycles. The SMILES string of the molecule is CC(C)(C)[Si](C)(C)Oc1ccc(Br)cc1O[Si](C)(C)C(C)(C)C. The lowest BCUT2D eigenvalue weighted by molar-refractivity contribution is 0.440. The van der Waals surface area contributed by atoms with Crippen LogP contribution in [0, 0.1) is 0 Å². The molecule has 5 heteroatoms. The van der Waals surface area contributed by atoms with Gasteiger partial charge in [0.1, 0.15) is 11.5 Å². The fourth-order valence-electron chi connectivity index (χ4n) is 1.50. The van der Waals surface area contributed by atoms with Crippen LogP contribution in [0.1, 0.15) is 41.5 Å². The van der Waals surface area contributed by atoms with Crippen LogP contribution in [0.2, 0.25) is 36.3 Å². The monoisotopic (exact) mass is 416 g/mol. The zero-order valence-corrected chi connectivity index (χ0v) is 20.0. The Hall–Kier alpha value is -0.266. The van der Waals surface area contributed by atoms with E-state index in [0.29, 0.717) is 0 Å². The van der Waals surface area contributed by atoms with Gasteiger partial charge in [-0.25, -0.2) is 0 Å². The Labute approximate surface area is 153 Å². The van der Waals surface area contributed by atoms with Crippen molar-refractivity contribution in [1.82, 2.24) is 0 Å². The van der Waals surface area contributed by atoms with Gasteiger partial charge in [0, 0.05) is 4.47 Å². The average molecular weight is 418 g/mol. The Kier molecular flexibility index (Phi) is 5.93. The lowest BCUT2D eigenvalue weighted by Crippen LogP contribution is -2.45. The summed E-state index contributed by atoms with van der Waals surface area (Å²) in [6.07, 6.45) is 0. The van der Waals surface area contributed by atoms with Crippen molar-refractivity contribution in [2.45, 2.75) is 77.8 Å². The van der Waals surface area contributed by atoms with E-state index in [1.807, 2.05) is 18.2 Å². The third kappa shape index (κ3) is 5.10. The Bertz CT molecular complexity index is 555. The first-order chi connectivity index (χ1) is 10.1. The molecule has 0 amide bonds. The molecule has 2 nitrogen and oxygen atoms in total. The van der Waals surface area contributed by atoms with Crippen molar-refractivity contribution in [3.63, 3.8) is 0 Å². The predicted molar refractivity (Wildman–Crippen MR) is 110 cm³/mol. The van der Waals surface area contributed by atoms with Gasteiger partial charge in [-0.15, -0.1) is 0 Å². The van der Waals surface area contributed by atoms with E-state index in [-0.39, 0.29) is 10.1 Å². The molecule has 0 unspecified atom stereocenters. The lowest BCUT2D eigenvalue weighted by atomic mass is 10.2. The first-order valence-corrected chi connectivity index (χ1v) is 14.9. The second-order valence-corrected chi connectivity index (χ2v) is 19.7. The second kappa shape index (κ2) is 6.56. The summed E-state index contributed by atoms with van der Waals surface area (Å²) in [5.74, 6) is 1.75. The maximum Gasteiger partial charge on any atom is 0.250 e. The van der Waals surface area contributed by atoms with Crippen LogP contribution in [0.3, 0.4) is 0 Å². The van der Waals surface area contributed by atoms with Crippen molar-refractivity contribution in [2.24, 2.45) is 0 Å². The van der Waals surface area contributed by atoms with E-state index in [2.05, 4.69) is 83.7 Å². The van der Waals surface area contributed by atoms with Crippen LogP contribution in [0.4, 0.5) is 0 Å². The standard InChI is InChI=1S/C18H33BrO2Si2/c1-17(2,3)22(7,8)20-15-12-11-14(19)13-16(15)21-23(9,10)18(4,5)6/h11-13H,1-10H3. The third-order valence-corrected chi connectivity index (χ3v) is 14.4. The summed E-state index contributed by atoms with van der Waals surface area (Å²) < 4.78 is 14.1. The lowest BCUT2D eigenvalue weighted by Gasteiger charge is -2.39. The molecule has 23 heavy (non-hydrogen) atoms. The molecule has 0 saturated heterocycles. The van der Waals surface area contributed by atoms with Crippen molar-refractivity contribution < 1.29 is 8.85 Å². The molecule has 0 aliphatic rings. The molecule has 1 aromatic carbocycles. The maximum atomic E-state index is 6.54. The minimum Gasteiger partial charge on any atom is -0.541 e. The summed E-state index contributed by atoms with van der Waals surface area (Å²) in [5, 5.41) is 0.317. The molecule has 0 aliphatic carbocycles. The van der Waals surface area contributed by atoms with Crippen LogP contribution < -0.4 is 8.85 Å². The van der Waals surface area contributed by atoms with Gasteiger partial charge in [0.05, 0.1) is 0 Å². The molecule has 1 rings (SSSR count). The summed E-state index contributed by atoms with van der Waals surface area (Å²) in [6, 6.07) is 6.11. The number of hydrogen-bond donors (Lipinski definition) is 0. The highest BCUT2D eigenvalue weighted by molar-refractivity contribution is 9.10. The normalized spacial score (nSPS) is 13.9. The van der Waals surface area contributed by atoms with E-state index < -0.39 is 16.6 Å². The molecule has 0 heterocycles. The van der Waals surface area contributed by atoms with Gasteiger partial charge >= 0.3 is 0 Å². The van der Waals surface area contributed by atoms with Gasteiger partial charge in [-0.1, -0.05) is 57.5 Å². The van der Waals surface area contributed by atoms with E-state index in [0.717, 1.165) is 16.0 Å². The van der Waals surface area contributed by atoms with Crippen molar-refractivity contribution in [1.29, 1.82) is 0 Å². The number of benzene rings is 1. The van der Waals surface area contributed by atoms with Crippen LogP contribution >= 0.6 is 15.9 Å². The number of rotatable bonds is 4. The highest BCUT2D eigenvalue weighted by Crippen LogP contribution is 2.44. The Balaban J connectivity index is 3.22. The Morgan fingerprint density at radius 1 is 0.739 bits per heavy atom. The van der Waals surface area contributed by atoms with Crippen LogP contribution in [0.15, 0.2) is 22.7 Å². The van der Waals surface area contributed by atoms with Gasteiger partial charge in [0.25, 0.3) is 16.6 Å². The van der Waals surface area contributed by atoms with E-state index in [9.17, 15) is 0 Å². The largest absolute Gasteiger partial charge is 0.541 e. The smallest absolute Gasteiger partial charge is 0.250 e. The molecule has 0 spiro atoms.